The van der Waals surface area contributed by atoms with Crippen molar-refractivity contribution >= 4 is 11.8 Å². The van der Waals surface area contributed by atoms with Crippen LogP contribution < -0.4 is 0 Å². The molecule has 1 unspecified atom stereocenters. The zero-order chi connectivity index (χ0) is 21.3. The Kier molecular flexibility index (Phi) is 7.09. The molecule has 0 aliphatic heterocycles. The molecule has 3 rings (SSSR count). The molecule has 1 atom stereocenters. The third kappa shape index (κ3) is 5.40. The number of ketones is 1. The molecule has 3 aromatic carbocycles. The number of ether oxygens (including phenoxy) is 1. The van der Waals surface area contributed by atoms with Crippen molar-refractivity contribution in [1.29, 1.82) is 5.26 Å². The summed E-state index contributed by atoms with van der Waals surface area (Å²) in [7, 11) is 0. The van der Waals surface area contributed by atoms with Gasteiger partial charge in [-0.05, 0) is 34.7 Å². The molecule has 0 saturated heterocycles. The number of benzene rings is 3. The fourth-order valence-corrected chi connectivity index (χ4v) is 3.17. The highest BCUT2D eigenvalue weighted by molar-refractivity contribution is 5.99. The van der Waals surface area contributed by atoms with Crippen LogP contribution in [0.4, 0.5) is 0 Å². The Hall–Kier alpha value is -3.75. The standard InChI is InChI=1S/C25H21NO4/c26-15-21-8-4-5-9-22(21)20-12-10-18(11-13-20)14-23(25(28)29)24(27)17-30-16-19-6-2-1-3-7-19/h1-13,23H,14,16-17H2,(H,28,29). The number of nitriles is 1. The normalized spacial score (nSPS) is 11.4. The number of carboxylic acid groups (broad SMARTS) is 1. The lowest BCUT2D eigenvalue weighted by Gasteiger charge is -2.13. The Morgan fingerprint density at radius 2 is 1.57 bits per heavy atom. The van der Waals surface area contributed by atoms with Crippen molar-refractivity contribution in [2.24, 2.45) is 5.92 Å². The van der Waals surface area contributed by atoms with Crippen molar-refractivity contribution < 1.29 is 19.4 Å². The molecular formula is C25H21NO4. The van der Waals surface area contributed by atoms with Gasteiger partial charge < -0.3 is 9.84 Å². The first-order chi connectivity index (χ1) is 14.6. The number of rotatable bonds is 9. The average Bonchev–Trinajstić information content (AvgIpc) is 2.78. The van der Waals surface area contributed by atoms with Gasteiger partial charge in [-0.1, -0.05) is 72.8 Å². The topological polar surface area (TPSA) is 87.4 Å². The lowest BCUT2D eigenvalue weighted by atomic mass is 9.93. The Balaban J connectivity index is 1.64. The summed E-state index contributed by atoms with van der Waals surface area (Å²) in [5.74, 6) is -2.79. The zero-order valence-corrected chi connectivity index (χ0v) is 16.3. The molecule has 0 radical (unpaired) electrons. The molecule has 150 valence electrons. The highest BCUT2D eigenvalue weighted by Crippen LogP contribution is 2.24. The number of hydrogen-bond donors (Lipinski definition) is 1. The van der Waals surface area contributed by atoms with Crippen molar-refractivity contribution in [3.63, 3.8) is 0 Å². The van der Waals surface area contributed by atoms with Crippen molar-refractivity contribution in [2.75, 3.05) is 6.61 Å². The summed E-state index contributed by atoms with van der Waals surface area (Å²) in [5.41, 5.74) is 3.90. The van der Waals surface area contributed by atoms with Gasteiger partial charge in [-0.3, -0.25) is 9.59 Å². The molecule has 0 heterocycles. The Morgan fingerprint density at radius 3 is 2.23 bits per heavy atom. The van der Waals surface area contributed by atoms with Gasteiger partial charge in [0.2, 0.25) is 0 Å². The van der Waals surface area contributed by atoms with Crippen LogP contribution in [0.3, 0.4) is 0 Å². The molecule has 0 saturated carbocycles. The van der Waals surface area contributed by atoms with Crippen LogP contribution in [0, 0.1) is 17.2 Å². The van der Waals surface area contributed by atoms with Gasteiger partial charge in [0, 0.05) is 0 Å². The maximum absolute atomic E-state index is 12.4. The van der Waals surface area contributed by atoms with Crippen LogP contribution in [0.25, 0.3) is 11.1 Å². The molecular weight excluding hydrogens is 378 g/mol. The second-order valence-corrected chi connectivity index (χ2v) is 6.89. The summed E-state index contributed by atoms with van der Waals surface area (Å²) in [6.07, 6.45) is 0.0863. The Bertz CT molecular complexity index is 1050. The maximum atomic E-state index is 12.4. The number of carbonyl (C=O) groups excluding carboxylic acids is 1. The molecule has 3 aromatic rings. The third-order valence-corrected chi connectivity index (χ3v) is 4.79. The number of carboxylic acids is 1. The minimum Gasteiger partial charge on any atom is -0.481 e. The van der Waals surface area contributed by atoms with E-state index in [-0.39, 0.29) is 19.6 Å². The third-order valence-electron chi connectivity index (χ3n) is 4.79. The lowest BCUT2D eigenvalue weighted by Crippen LogP contribution is -2.29. The van der Waals surface area contributed by atoms with Crippen molar-refractivity contribution in [1.82, 2.24) is 0 Å². The van der Waals surface area contributed by atoms with E-state index in [1.807, 2.05) is 54.6 Å². The van der Waals surface area contributed by atoms with Gasteiger partial charge in [0.15, 0.2) is 5.78 Å². The molecule has 0 spiro atoms. The molecule has 0 aliphatic carbocycles. The summed E-state index contributed by atoms with van der Waals surface area (Å²) in [4.78, 5) is 24.0. The lowest BCUT2D eigenvalue weighted by molar-refractivity contribution is -0.147. The second kappa shape index (κ2) is 10.1. The molecule has 0 aliphatic rings. The minimum absolute atomic E-state index is 0.0863. The van der Waals surface area contributed by atoms with Crippen LogP contribution in [-0.2, 0) is 27.4 Å². The summed E-state index contributed by atoms with van der Waals surface area (Å²) >= 11 is 0. The van der Waals surface area contributed by atoms with E-state index in [0.29, 0.717) is 5.56 Å². The van der Waals surface area contributed by atoms with E-state index < -0.39 is 17.7 Å². The molecule has 1 N–H and O–H groups in total. The SMILES string of the molecule is N#Cc1ccccc1-c1ccc(CC(C(=O)O)C(=O)COCc2ccccc2)cc1. The Labute approximate surface area is 175 Å². The number of carbonyl (C=O) groups is 2. The average molecular weight is 399 g/mol. The molecule has 5 heteroatoms. The highest BCUT2D eigenvalue weighted by Gasteiger charge is 2.26. The minimum atomic E-state index is -1.17. The summed E-state index contributed by atoms with van der Waals surface area (Å²) < 4.78 is 5.41. The molecule has 30 heavy (non-hydrogen) atoms. The van der Waals surface area contributed by atoms with Crippen molar-refractivity contribution in [3.05, 3.63) is 95.6 Å². The van der Waals surface area contributed by atoms with Crippen LogP contribution in [0.2, 0.25) is 0 Å². The summed E-state index contributed by atoms with van der Waals surface area (Å²) in [6.45, 7) is 0.00536. The molecule has 0 amide bonds. The van der Waals surface area contributed by atoms with Crippen LogP contribution in [0.1, 0.15) is 16.7 Å². The first kappa shape index (κ1) is 21.0. The maximum Gasteiger partial charge on any atom is 0.314 e. The first-order valence-corrected chi connectivity index (χ1v) is 9.54. The van der Waals surface area contributed by atoms with E-state index >= 15 is 0 Å². The van der Waals surface area contributed by atoms with E-state index in [0.717, 1.165) is 22.3 Å². The van der Waals surface area contributed by atoms with Gasteiger partial charge in [0.1, 0.15) is 12.5 Å². The van der Waals surface area contributed by atoms with Crippen LogP contribution in [0.5, 0.6) is 0 Å². The van der Waals surface area contributed by atoms with E-state index in [2.05, 4.69) is 6.07 Å². The van der Waals surface area contributed by atoms with Crippen molar-refractivity contribution in [3.8, 4) is 17.2 Å². The van der Waals surface area contributed by atoms with Gasteiger partial charge in [0.25, 0.3) is 0 Å². The van der Waals surface area contributed by atoms with E-state index in [1.165, 1.54) is 0 Å². The van der Waals surface area contributed by atoms with Crippen molar-refractivity contribution in [2.45, 2.75) is 13.0 Å². The van der Waals surface area contributed by atoms with E-state index in [4.69, 9.17) is 4.74 Å². The first-order valence-electron chi connectivity index (χ1n) is 9.54. The number of aliphatic carboxylic acids is 1. The summed E-state index contributed by atoms with van der Waals surface area (Å²) in [5, 5.41) is 18.8. The summed E-state index contributed by atoms with van der Waals surface area (Å²) in [6, 6.07) is 26.1. The molecule has 0 bridgehead atoms. The van der Waals surface area contributed by atoms with Gasteiger partial charge in [0.05, 0.1) is 18.2 Å². The van der Waals surface area contributed by atoms with Crippen LogP contribution >= 0.6 is 0 Å². The predicted octanol–water partition coefficient (Wildman–Crippen LogP) is 4.25. The van der Waals surface area contributed by atoms with Crippen LogP contribution in [0.15, 0.2) is 78.9 Å². The van der Waals surface area contributed by atoms with Gasteiger partial charge in [-0.2, -0.15) is 5.26 Å². The fourth-order valence-electron chi connectivity index (χ4n) is 3.17. The molecule has 5 nitrogen and oxygen atoms in total. The van der Waals surface area contributed by atoms with Crippen LogP contribution in [-0.4, -0.2) is 23.5 Å². The quantitative estimate of drug-likeness (QED) is 0.544. The molecule has 0 fully saturated rings. The predicted molar refractivity (Wildman–Crippen MR) is 113 cm³/mol. The second-order valence-electron chi connectivity index (χ2n) is 6.89. The van der Waals surface area contributed by atoms with Gasteiger partial charge in [-0.15, -0.1) is 0 Å². The Morgan fingerprint density at radius 1 is 0.900 bits per heavy atom. The number of hydrogen-bond acceptors (Lipinski definition) is 4. The number of Topliss-reactive ketones (excluding diaryl/α,β-unsaturated/α-hetero) is 1. The van der Waals surface area contributed by atoms with Gasteiger partial charge in [-0.25, -0.2) is 0 Å². The smallest absolute Gasteiger partial charge is 0.314 e. The largest absolute Gasteiger partial charge is 0.481 e. The molecule has 0 aromatic heterocycles. The zero-order valence-electron chi connectivity index (χ0n) is 16.3. The fraction of sp³-hybridized carbons (Fsp3) is 0.160. The number of nitrogens with zero attached hydrogens (tertiary/aromatic N) is 1. The van der Waals surface area contributed by atoms with E-state index in [9.17, 15) is 20.0 Å². The van der Waals surface area contributed by atoms with Gasteiger partial charge >= 0.3 is 5.97 Å². The monoisotopic (exact) mass is 399 g/mol. The highest BCUT2D eigenvalue weighted by atomic mass is 16.5. The van der Waals surface area contributed by atoms with E-state index in [1.54, 1.807) is 24.3 Å².